The first-order valence-corrected chi connectivity index (χ1v) is 8.16. The van der Waals surface area contributed by atoms with Crippen molar-refractivity contribution >= 4 is 12.3 Å². The van der Waals surface area contributed by atoms with E-state index in [0.717, 1.165) is 17.4 Å². The van der Waals surface area contributed by atoms with Gasteiger partial charge in [-0.25, -0.2) is 4.79 Å². The number of aliphatic hydroxyl groups is 1. The van der Waals surface area contributed by atoms with Crippen molar-refractivity contribution in [3.8, 4) is 5.75 Å². The van der Waals surface area contributed by atoms with Gasteiger partial charge in [0.25, 0.3) is 0 Å². The second-order valence-electron chi connectivity index (χ2n) is 5.78. The van der Waals surface area contributed by atoms with Crippen molar-refractivity contribution in [2.75, 3.05) is 6.61 Å². The third-order valence-electron chi connectivity index (χ3n) is 3.85. The lowest BCUT2D eigenvalue weighted by atomic mass is 10.1. The molecule has 0 unspecified atom stereocenters. The van der Waals surface area contributed by atoms with Crippen molar-refractivity contribution < 1.29 is 24.2 Å². The molecule has 0 radical (unpaired) electrons. The number of hydrogen-bond acceptors (Lipinski definition) is 5. The fraction of sp³-hybridized carbons (Fsp3) is 0.300. The predicted octanol–water partition coefficient (Wildman–Crippen LogP) is 3.31. The maximum Gasteiger partial charge on any atom is 0.338 e. The van der Waals surface area contributed by atoms with Crippen LogP contribution in [-0.2, 0) is 11.3 Å². The lowest BCUT2D eigenvalue weighted by molar-refractivity contribution is 0.0250. The molecule has 0 spiro atoms. The molecular formula is C20H22O5. The zero-order valence-corrected chi connectivity index (χ0v) is 14.4. The maximum atomic E-state index is 11.9. The van der Waals surface area contributed by atoms with E-state index in [9.17, 15) is 14.7 Å². The van der Waals surface area contributed by atoms with E-state index in [2.05, 4.69) is 0 Å². The van der Waals surface area contributed by atoms with Crippen LogP contribution < -0.4 is 4.74 Å². The van der Waals surface area contributed by atoms with Crippen molar-refractivity contribution in [3.63, 3.8) is 0 Å². The van der Waals surface area contributed by atoms with Crippen LogP contribution in [0.1, 0.15) is 45.2 Å². The average molecular weight is 342 g/mol. The molecule has 0 saturated carbocycles. The van der Waals surface area contributed by atoms with Crippen molar-refractivity contribution in [2.45, 2.75) is 33.0 Å². The van der Waals surface area contributed by atoms with Crippen molar-refractivity contribution in [2.24, 2.45) is 0 Å². The van der Waals surface area contributed by atoms with Crippen LogP contribution in [0, 0.1) is 6.92 Å². The first-order valence-electron chi connectivity index (χ1n) is 8.16. The molecule has 5 heteroatoms. The largest absolute Gasteiger partial charge is 0.489 e. The molecule has 1 N–H and O–H groups in total. The van der Waals surface area contributed by atoms with Crippen LogP contribution in [0.5, 0.6) is 5.75 Å². The van der Waals surface area contributed by atoms with Crippen LogP contribution in [0.25, 0.3) is 0 Å². The van der Waals surface area contributed by atoms with Gasteiger partial charge in [0.15, 0.2) is 0 Å². The molecule has 0 fully saturated rings. The first-order chi connectivity index (χ1) is 12.0. The summed E-state index contributed by atoms with van der Waals surface area (Å²) in [4.78, 5) is 22.8. The Morgan fingerprint density at radius 1 is 1.20 bits per heavy atom. The SMILES string of the molecule is CC[C@@H](O)COC(=O)c1ccc(COc2ccc(C)c(C=O)c2)cc1. The van der Waals surface area contributed by atoms with Gasteiger partial charge < -0.3 is 14.6 Å². The molecule has 2 aromatic rings. The molecule has 2 rings (SSSR count). The summed E-state index contributed by atoms with van der Waals surface area (Å²) in [5.41, 5.74) is 2.81. The highest BCUT2D eigenvalue weighted by Gasteiger charge is 2.10. The Labute approximate surface area is 147 Å². The lowest BCUT2D eigenvalue weighted by Crippen LogP contribution is -2.17. The number of aldehydes is 1. The number of hydrogen-bond donors (Lipinski definition) is 1. The second-order valence-corrected chi connectivity index (χ2v) is 5.78. The van der Waals surface area contributed by atoms with Gasteiger partial charge >= 0.3 is 5.97 Å². The van der Waals surface area contributed by atoms with Crippen LogP contribution in [0.3, 0.4) is 0 Å². The summed E-state index contributed by atoms with van der Waals surface area (Å²) in [5.74, 6) is 0.152. The Morgan fingerprint density at radius 2 is 1.92 bits per heavy atom. The normalized spacial score (nSPS) is 11.6. The molecule has 25 heavy (non-hydrogen) atoms. The van der Waals surface area contributed by atoms with Crippen LogP contribution in [0.15, 0.2) is 42.5 Å². The number of rotatable bonds is 8. The molecule has 5 nitrogen and oxygen atoms in total. The third-order valence-corrected chi connectivity index (χ3v) is 3.85. The van der Waals surface area contributed by atoms with E-state index in [-0.39, 0.29) is 6.61 Å². The van der Waals surface area contributed by atoms with Crippen molar-refractivity contribution in [1.29, 1.82) is 0 Å². The van der Waals surface area contributed by atoms with Gasteiger partial charge in [0.1, 0.15) is 25.2 Å². The summed E-state index contributed by atoms with van der Waals surface area (Å²) >= 11 is 0. The van der Waals surface area contributed by atoms with Gasteiger partial charge in [-0.1, -0.05) is 25.1 Å². The van der Waals surface area contributed by atoms with Crippen LogP contribution in [0.2, 0.25) is 0 Å². The molecule has 0 heterocycles. The highest BCUT2D eigenvalue weighted by molar-refractivity contribution is 5.89. The molecule has 0 aliphatic carbocycles. The van der Waals surface area contributed by atoms with Gasteiger partial charge in [0.05, 0.1) is 11.7 Å². The molecule has 0 aliphatic heterocycles. The van der Waals surface area contributed by atoms with Crippen molar-refractivity contribution in [3.05, 3.63) is 64.7 Å². The van der Waals surface area contributed by atoms with Gasteiger partial charge in [-0.05, 0) is 48.7 Å². The fourth-order valence-electron chi connectivity index (χ4n) is 2.11. The second kappa shape index (κ2) is 8.99. The van der Waals surface area contributed by atoms with Gasteiger partial charge in [-0.15, -0.1) is 0 Å². The van der Waals surface area contributed by atoms with E-state index in [1.807, 2.05) is 26.0 Å². The Hall–Kier alpha value is -2.66. The number of carbonyl (C=O) groups excluding carboxylic acids is 2. The fourth-order valence-corrected chi connectivity index (χ4v) is 2.11. The minimum atomic E-state index is -0.637. The monoisotopic (exact) mass is 342 g/mol. The van der Waals surface area contributed by atoms with E-state index < -0.39 is 12.1 Å². The van der Waals surface area contributed by atoms with Gasteiger partial charge in [-0.2, -0.15) is 0 Å². The lowest BCUT2D eigenvalue weighted by Gasteiger charge is -2.10. The van der Waals surface area contributed by atoms with E-state index in [1.54, 1.807) is 30.3 Å². The highest BCUT2D eigenvalue weighted by Crippen LogP contribution is 2.17. The molecule has 0 amide bonds. The molecule has 0 saturated heterocycles. The molecule has 2 aromatic carbocycles. The number of esters is 1. The van der Waals surface area contributed by atoms with Crippen LogP contribution in [0.4, 0.5) is 0 Å². The first kappa shape index (κ1) is 18.7. The molecule has 0 bridgehead atoms. The smallest absolute Gasteiger partial charge is 0.338 e. The number of aryl methyl sites for hydroxylation is 1. The quantitative estimate of drug-likeness (QED) is 0.588. The van der Waals surface area contributed by atoms with E-state index >= 15 is 0 Å². The molecule has 1 atom stereocenters. The Bertz CT molecular complexity index is 721. The number of benzene rings is 2. The topological polar surface area (TPSA) is 72.8 Å². The molecule has 132 valence electrons. The van der Waals surface area contributed by atoms with Gasteiger partial charge in [-0.3, -0.25) is 4.79 Å². The predicted molar refractivity (Wildman–Crippen MR) is 93.9 cm³/mol. The van der Waals surface area contributed by atoms with Crippen molar-refractivity contribution in [1.82, 2.24) is 0 Å². The minimum Gasteiger partial charge on any atom is -0.489 e. The van der Waals surface area contributed by atoms with Gasteiger partial charge in [0, 0.05) is 5.56 Å². The summed E-state index contributed by atoms with van der Waals surface area (Å²) < 4.78 is 10.7. The average Bonchev–Trinajstić information content (AvgIpc) is 2.65. The number of ether oxygens (including phenoxy) is 2. The number of aliphatic hydroxyl groups excluding tert-OH is 1. The summed E-state index contributed by atoms with van der Waals surface area (Å²) in [6, 6.07) is 12.2. The standard InChI is InChI=1S/C20H22O5/c1-3-18(22)13-25-20(23)16-7-5-15(6-8-16)12-24-19-9-4-14(2)17(10-19)11-21/h4-11,18,22H,3,12-13H2,1-2H3/t18-/m1/s1. The van der Waals surface area contributed by atoms with E-state index in [0.29, 0.717) is 29.9 Å². The number of carbonyl (C=O) groups is 2. The zero-order chi connectivity index (χ0) is 18.2. The summed E-state index contributed by atoms with van der Waals surface area (Å²) in [7, 11) is 0. The van der Waals surface area contributed by atoms with E-state index in [4.69, 9.17) is 9.47 Å². The van der Waals surface area contributed by atoms with Crippen LogP contribution >= 0.6 is 0 Å². The molecule has 0 aliphatic rings. The van der Waals surface area contributed by atoms with E-state index in [1.165, 1.54) is 0 Å². The molecule has 0 aromatic heterocycles. The Balaban J connectivity index is 1.92. The van der Waals surface area contributed by atoms with Gasteiger partial charge in [0.2, 0.25) is 0 Å². The Morgan fingerprint density at radius 3 is 2.56 bits per heavy atom. The summed E-state index contributed by atoms with van der Waals surface area (Å²) in [5, 5.41) is 9.41. The summed E-state index contributed by atoms with van der Waals surface area (Å²) in [6.07, 6.45) is 0.703. The maximum absolute atomic E-state index is 11.9. The zero-order valence-electron chi connectivity index (χ0n) is 14.4. The third kappa shape index (κ3) is 5.43. The summed E-state index contributed by atoms with van der Waals surface area (Å²) in [6.45, 7) is 4.00. The minimum absolute atomic E-state index is 0.00726. The molecular weight excluding hydrogens is 320 g/mol. The highest BCUT2D eigenvalue weighted by atomic mass is 16.5. The van der Waals surface area contributed by atoms with Crippen LogP contribution in [-0.4, -0.2) is 30.1 Å². The Kier molecular flexibility index (Phi) is 6.71.